The number of carbonyl (C=O) groups is 1. The molecule has 2 fully saturated rings. The van der Waals surface area contributed by atoms with Crippen LogP contribution in [0.5, 0.6) is 0 Å². The third kappa shape index (κ3) is 4.67. The number of aromatic nitrogens is 1. The average molecular weight is 418 g/mol. The van der Waals surface area contributed by atoms with Crippen LogP contribution in [0.25, 0.3) is 11.0 Å². The second-order valence-corrected chi connectivity index (χ2v) is 8.75. The van der Waals surface area contributed by atoms with E-state index in [0.29, 0.717) is 11.5 Å². The number of nitrogens with zero attached hydrogens (tertiary/aromatic N) is 3. The van der Waals surface area contributed by atoms with E-state index in [2.05, 4.69) is 10.1 Å². The van der Waals surface area contributed by atoms with Crippen LogP contribution < -0.4 is 0 Å². The molecule has 1 N–H and O–H groups in total. The van der Waals surface area contributed by atoms with Crippen molar-refractivity contribution in [2.75, 3.05) is 32.7 Å². The highest BCUT2D eigenvalue weighted by atomic mass is 19.1. The number of hydrogen-bond acceptors (Lipinski definition) is 5. The van der Waals surface area contributed by atoms with Crippen molar-refractivity contribution in [2.24, 2.45) is 5.92 Å². The van der Waals surface area contributed by atoms with Crippen LogP contribution in [0.2, 0.25) is 0 Å². The van der Waals surface area contributed by atoms with Gasteiger partial charge in [-0.3, -0.25) is 4.79 Å². The summed E-state index contributed by atoms with van der Waals surface area (Å²) >= 11 is 0. The number of fused-ring (bicyclic) bond motifs is 1. The fourth-order valence-corrected chi connectivity index (χ4v) is 4.92. The molecule has 0 radical (unpaired) electrons. The second-order valence-electron chi connectivity index (χ2n) is 8.75. The molecule has 1 saturated carbocycles. The number of benzene rings is 1. The zero-order valence-corrected chi connectivity index (χ0v) is 17.7. The molecular weight excluding hydrogens is 385 g/mol. The summed E-state index contributed by atoms with van der Waals surface area (Å²) < 4.78 is 18.7. The van der Waals surface area contributed by atoms with E-state index < -0.39 is 0 Å². The predicted octanol–water partition coefficient (Wildman–Crippen LogP) is 3.55. The van der Waals surface area contributed by atoms with Gasteiger partial charge < -0.3 is 19.4 Å². The van der Waals surface area contributed by atoms with Gasteiger partial charge in [0.05, 0.1) is 11.8 Å². The van der Waals surface area contributed by atoms with Gasteiger partial charge in [0.15, 0.2) is 5.58 Å². The van der Waals surface area contributed by atoms with Crippen molar-refractivity contribution in [1.82, 2.24) is 15.0 Å². The summed E-state index contributed by atoms with van der Waals surface area (Å²) in [5.41, 5.74) is 1.45. The molecule has 6 nitrogen and oxygen atoms in total. The lowest BCUT2D eigenvalue weighted by Crippen LogP contribution is -2.44. The first kappa shape index (κ1) is 21.2. The molecule has 1 aromatic carbocycles. The molecule has 164 valence electrons. The largest absolute Gasteiger partial charge is 0.393 e. The number of rotatable bonds is 6. The summed E-state index contributed by atoms with van der Waals surface area (Å²) in [5, 5.41) is 14.8. The van der Waals surface area contributed by atoms with E-state index in [0.717, 1.165) is 82.3 Å². The van der Waals surface area contributed by atoms with E-state index in [1.54, 1.807) is 6.07 Å². The van der Waals surface area contributed by atoms with Gasteiger partial charge in [0.25, 0.3) is 0 Å². The summed E-state index contributed by atoms with van der Waals surface area (Å²) in [7, 11) is 0. The van der Waals surface area contributed by atoms with Crippen LogP contribution in [-0.2, 0) is 4.79 Å². The van der Waals surface area contributed by atoms with Gasteiger partial charge >= 0.3 is 0 Å². The molecule has 2 aromatic rings. The lowest BCUT2D eigenvalue weighted by molar-refractivity contribution is -0.137. The zero-order chi connectivity index (χ0) is 21.1. The number of likely N-dealkylation sites (tertiary alicyclic amines) is 1. The van der Waals surface area contributed by atoms with Crippen molar-refractivity contribution in [1.29, 1.82) is 0 Å². The van der Waals surface area contributed by atoms with E-state index >= 15 is 0 Å². The molecule has 0 unspecified atom stereocenters. The Kier molecular flexibility index (Phi) is 6.68. The maximum Gasteiger partial charge on any atom is 0.225 e. The fourth-order valence-electron chi connectivity index (χ4n) is 4.92. The van der Waals surface area contributed by atoms with E-state index in [9.17, 15) is 14.3 Å². The minimum absolute atomic E-state index is 0.0735. The van der Waals surface area contributed by atoms with Crippen molar-refractivity contribution < 1.29 is 18.8 Å². The third-order valence-electron chi connectivity index (χ3n) is 6.86. The molecule has 1 aromatic heterocycles. The van der Waals surface area contributed by atoms with Gasteiger partial charge in [0.1, 0.15) is 5.82 Å². The highest BCUT2D eigenvalue weighted by Crippen LogP contribution is 2.33. The van der Waals surface area contributed by atoms with Crippen LogP contribution in [0.4, 0.5) is 4.39 Å². The molecule has 2 heterocycles. The Morgan fingerprint density at radius 1 is 1.23 bits per heavy atom. The summed E-state index contributed by atoms with van der Waals surface area (Å²) in [6.07, 6.45) is 4.83. The lowest BCUT2D eigenvalue weighted by atomic mass is 9.86. The first-order valence-electron chi connectivity index (χ1n) is 11.3. The highest BCUT2D eigenvalue weighted by molar-refractivity contribution is 5.80. The van der Waals surface area contributed by atoms with Gasteiger partial charge in [-0.2, -0.15) is 0 Å². The highest BCUT2D eigenvalue weighted by Gasteiger charge is 2.29. The van der Waals surface area contributed by atoms with Gasteiger partial charge in [-0.1, -0.05) is 5.16 Å². The number of hydrogen-bond donors (Lipinski definition) is 1. The van der Waals surface area contributed by atoms with Crippen molar-refractivity contribution in [3.63, 3.8) is 0 Å². The van der Waals surface area contributed by atoms with Crippen molar-refractivity contribution in [3.05, 3.63) is 29.7 Å². The Bertz CT molecular complexity index is 854. The first-order chi connectivity index (χ1) is 14.5. The quantitative estimate of drug-likeness (QED) is 0.779. The summed E-state index contributed by atoms with van der Waals surface area (Å²) in [4.78, 5) is 17.2. The SMILES string of the molecule is CCN(CCN1CCC(c2noc3cc(F)ccc23)CC1)C(=O)[C@H]1CC[C@H](O)CC1. The Hall–Kier alpha value is -1.99. The summed E-state index contributed by atoms with van der Waals surface area (Å²) in [5.74, 6) is 0.343. The number of amides is 1. The minimum atomic E-state index is -0.306. The molecule has 1 aliphatic heterocycles. The van der Waals surface area contributed by atoms with Crippen LogP contribution in [0.15, 0.2) is 22.7 Å². The van der Waals surface area contributed by atoms with Crippen LogP contribution in [0.1, 0.15) is 57.1 Å². The smallest absolute Gasteiger partial charge is 0.225 e. The molecule has 0 spiro atoms. The monoisotopic (exact) mass is 417 g/mol. The van der Waals surface area contributed by atoms with Gasteiger partial charge in [-0.25, -0.2) is 4.39 Å². The van der Waals surface area contributed by atoms with Crippen molar-refractivity contribution in [2.45, 2.75) is 57.5 Å². The van der Waals surface area contributed by atoms with Crippen molar-refractivity contribution >= 4 is 16.9 Å². The normalized spacial score (nSPS) is 23.7. The summed E-state index contributed by atoms with van der Waals surface area (Å²) in [6, 6.07) is 4.61. The minimum Gasteiger partial charge on any atom is -0.393 e. The second kappa shape index (κ2) is 9.43. The third-order valence-corrected chi connectivity index (χ3v) is 6.86. The molecule has 0 bridgehead atoms. The predicted molar refractivity (Wildman–Crippen MR) is 113 cm³/mol. The van der Waals surface area contributed by atoms with E-state index in [-0.39, 0.29) is 23.7 Å². The van der Waals surface area contributed by atoms with Crippen LogP contribution in [-0.4, -0.2) is 64.8 Å². The first-order valence-corrected chi connectivity index (χ1v) is 11.3. The Morgan fingerprint density at radius 2 is 1.97 bits per heavy atom. The number of halogens is 1. The van der Waals surface area contributed by atoms with E-state index in [1.807, 2.05) is 11.8 Å². The number of likely N-dealkylation sites (N-methyl/N-ethyl adjacent to an activating group) is 1. The van der Waals surface area contributed by atoms with Gasteiger partial charge in [-0.05, 0) is 70.7 Å². The van der Waals surface area contributed by atoms with E-state index in [1.165, 1.54) is 12.1 Å². The molecular formula is C23H32FN3O3. The Labute approximate surface area is 177 Å². The Morgan fingerprint density at radius 3 is 2.67 bits per heavy atom. The van der Waals surface area contributed by atoms with Crippen LogP contribution in [0, 0.1) is 11.7 Å². The molecule has 2 aliphatic rings. The van der Waals surface area contributed by atoms with Crippen LogP contribution >= 0.6 is 0 Å². The standard InChI is InChI=1S/C23H32FN3O3/c1-2-27(23(29)17-3-6-19(28)7-4-17)14-13-26-11-9-16(10-12-26)22-20-8-5-18(24)15-21(20)30-25-22/h5,8,15-17,19,28H,2-4,6-7,9-14H2,1H3/t17-,19-. The number of aliphatic hydroxyl groups excluding tert-OH is 1. The molecule has 30 heavy (non-hydrogen) atoms. The van der Waals surface area contributed by atoms with Gasteiger partial charge in [0.2, 0.25) is 5.91 Å². The average Bonchev–Trinajstić information content (AvgIpc) is 3.18. The van der Waals surface area contributed by atoms with E-state index in [4.69, 9.17) is 4.52 Å². The zero-order valence-electron chi connectivity index (χ0n) is 17.7. The molecule has 0 atom stereocenters. The summed E-state index contributed by atoms with van der Waals surface area (Å²) in [6.45, 7) is 6.33. The topological polar surface area (TPSA) is 69.8 Å². The molecule has 1 aliphatic carbocycles. The molecule has 4 rings (SSSR count). The van der Waals surface area contributed by atoms with Gasteiger partial charge in [-0.15, -0.1) is 0 Å². The van der Waals surface area contributed by atoms with Crippen LogP contribution in [0.3, 0.4) is 0 Å². The molecule has 1 saturated heterocycles. The number of piperidine rings is 1. The molecule has 7 heteroatoms. The maximum absolute atomic E-state index is 13.4. The number of carbonyl (C=O) groups excluding carboxylic acids is 1. The Balaban J connectivity index is 1.27. The fraction of sp³-hybridized carbons (Fsp3) is 0.652. The van der Waals surface area contributed by atoms with Gasteiger partial charge in [0, 0.05) is 42.9 Å². The lowest BCUT2D eigenvalue weighted by Gasteiger charge is -2.34. The maximum atomic E-state index is 13.4. The molecule has 1 amide bonds. The number of aliphatic hydroxyl groups is 1. The van der Waals surface area contributed by atoms with Crippen molar-refractivity contribution in [3.8, 4) is 0 Å².